The summed E-state index contributed by atoms with van der Waals surface area (Å²) in [5.74, 6) is -2.20. The lowest BCUT2D eigenvalue weighted by molar-refractivity contribution is -0.160. The van der Waals surface area contributed by atoms with Crippen molar-refractivity contribution in [2.24, 2.45) is 5.16 Å². The van der Waals surface area contributed by atoms with E-state index < -0.39 is 53.0 Å². The molecule has 1 saturated heterocycles. The van der Waals surface area contributed by atoms with Gasteiger partial charge in [0.25, 0.3) is 11.8 Å². The fourth-order valence-corrected chi connectivity index (χ4v) is 5.33. The molecule has 3 heterocycles. The summed E-state index contributed by atoms with van der Waals surface area (Å²) >= 11 is 2.44. The molecule has 1 aromatic rings. The first-order valence-electron chi connectivity index (χ1n) is 11.6. The topological polar surface area (TPSA) is 163 Å². The highest BCUT2D eigenvalue weighted by Crippen LogP contribution is 2.41. The summed E-state index contributed by atoms with van der Waals surface area (Å²) in [6.45, 7) is 13.5. The number of esters is 2. The first-order valence-corrected chi connectivity index (χ1v) is 13.5. The van der Waals surface area contributed by atoms with Gasteiger partial charge in [-0.3, -0.25) is 14.5 Å². The standard InChI is InChI=1S/C24H31N5O7S2/c1-8-12-10-37-20-16(19(32)29(20)17(12)21(33)36-24(5,6)7)27-18(31)15(13-11-38-22(25)26-13)28-34-9-14(30)35-23(2,3)4/h8,11,16,20H,1,9-10H2,2-7H3,(H2,25,26)(H,27,31)/b28-15-/t16-,20+/m1/s1. The number of rotatable bonds is 8. The van der Waals surface area contributed by atoms with Gasteiger partial charge in [0.1, 0.15) is 34.0 Å². The van der Waals surface area contributed by atoms with Crippen LogP contribution in [0.2, 0.25) is 0 Å². The van der Waals surface area contributed by atoms with E-state index in [4.69, 9.17) is 20.0 Å². The summed E-state index contributed by atoms with van der Waals surface area (Å²) in [6, 6.07) is -0.955. The Balaban J connectivity index is 1.77. The minimum Gasteiger partial charge on any atom is -0.457 e. The number of hydrogen-bond donors (Lipinski definition) is 2. The molecule has 12 nitrogen and oxygen atoms in total. The molecular weight excluding hydrogens is 534 g/mol. The van der Waals surface area contributed by atoms with Crippen LogP contribution in [0.15, 0.2) is 34.5 Å². The molecule has 0 bridgehead atoms. The number of nitrogens with zero attached hydrogens (tertiary/aromatic N) is 3. The molecule has 2 atom stereocenters. The van der Waals surface area contributed by atoms with Crippen molar-refractivity contribution >= 4 is 57.7 Å². The van der Waals surface area contributed by atoms with E-state index in [1.165, 1.54) is 28.1 Å². The molecule has 2 aliphatic heterocycles. The van der Waals surface area contributed by atoms with Crippen molar-refractivity contribution in [3.05, 3.63) is 35.0 Å². The van der Waals surface area contributed by atoms with E-state index in [1.54, 1.807) is 41.5 Å². The zero-order valence-corrected chi connectivity index (χ0v) is 23.7. The summed E-state index contributed by atoms with van der Waals surface area (Å²) in [7, 11) is 0. The summed E-state index contributed by atoms with van der Waals surface area (Å²) < 4.78 is 10.7. The third-order valence-corrected chi connectivity index (χ3v) is 6.84. The lowest BCUT2D eigenvalue weighted by Gasteiger charge is -2.49. The van der Waals surface area contributed by atoms with E-state index in [9.17, 15) is 19.2 Å². The van der Waals surface area contributed by atoms with Crippen molar-refractivity contribution in [3.8, 4) is 0 Å². The van der Waals surface area contributed by atoms with E-state index in [0.717, 1.165) is 11.3 Å². The van der Waals surface area contributed by atoms with Crippen LogP contribution < -0.4 is 11.1 Å². The highest BCUT2D eigenvalue weighted by atomic mass is 32.2. The van der Waals surface area contributed by atoms with E-state index in [0.29, 0.717) is 11.3 Å². The molecule has 0 aliphatic carbocycles. The lowest BCUT2D eigenvalue weighted by atomic mass is 10.0. The smallest absolute Gasteiger partial charge is 0.355 e. The van der Waals surface area contributed by atoms with Gasteiger partial charge in [0.05, 0.1) is 0 Å². The van der Waals surface area contributed by atoms with Crippen LogP contribution in [-0.2, 0) is 33.5 Å². The molecule has 206 valence electrons. The minimum absolute atomic E-state index is 0.107. The van der Waals surface area contributed by atoms with E-state index >= 15 is 0 Å². The molecule has 3 N–H and O–H groups in total. The lowest BCUT2D eigenvalue weighted by Crippen LogP contribution is -2.71. The van der Waals surface area contributed by atoms with E-state index in [-0.39, 0.29) is 22.2 Å². The zero-order valence-electron chi connectivity index (χ0n) is 22.0. The summed E-state index contributed by atoms with van der Waals surface area (Å²) in [4.78, 5) is 61.6. The van der Waals surface area contributed by atoms with E-state index in [2.05, 4.69) is 22.0 Å². The van der Waals surface area contributed by atoms with Crippen LogP contribution >= 0.6 is 23.1 Å². The van der Waals surface area contributed by atoms with Crippen molar-refractivity contribution in [2.75, 3.05) is 18.1 Å². The van der Waals surface area contributed by atoms with Crippen molar-refractivity contribution in [2.45, 2.75) is 64.2 Å². The predicted octanol–water partition coefficient (Wildman–Crippen LogP) is 1.97. The molecule has 0 aromatic carbocycles. The number of hydrogen-bond acceptors (Lipinski definition) is 12. The number of oxime groups is 1. The monoisotopic (exact) mass is 565 g/mol. The SMILES string of the molecule is C=CC1=C(C(=O)OC(C)(C)C)N2C(=O)[C@@H](NC(=O)/C(=N\OCC(=O)OC(C)(C)C)c3csc(N)n3)[C@@H]2SC1. The molecule has 0 unspecified atom stereocenters. The van der Waals surface area contributed by atoms with Gasteiger partial charge in [-0.25, -0.2) is 14.6 Å². The van der Waals surface area contributed by atoms with Gasteiger partial charge in [0.15, 0.2) is 10.8 Å². The van der Waals surface area contributed by atoms with Crippen LogP contribution in [0.5, 0.6) is 0 Å². The van der Waals surface area contributed by atoms with Gasteiger partial charge in [-0.15, -0.1) is 23.1 Å². The Hall–Kier alpha value is -3.39. The molecule has 14 heteroatoms. The Morgan fingerprint density at radius 3 is 2.45 bits per heavy atom. The number of fused-ring (bicyclic) bond motifs is 1. The summed E-state index contributed by atoms with van der Waals surface area (Å²) in [5, 5.41) is 7.55. The first kappa shape index (κ1) is 29.2. The molecule has 0 spiro atoms. The van der Waals surface area contributed by atoms with Gasteiger partial charge in [-0.05, 0) is 47.1 Å². The number of ether oxygens (including phenoxy) is 2. The highest BCUT2D eigenvalue weighted by molar-refractivity contribution is 8.00. The van der Waals surface area contributed by atoms with Crippen molar-refractivity contribution in [1.82, 2.24) is 15.2 Å². The maximum absolute atomic E-state index is 13.2. The van der Waals surface area contributed by atoms with Crippen LogP contribution in [0, 0.1) is 0 Å². The number of carbonyl (C=O) groups excluding carboxylic acids is 4. The fourth-order valence-electron chi connectivity index (χ4n) is 3.45. The van der Waals surface area contributed by atoms with Gasteiger partial charge in [-0.1, -0.05) is 17.8 Å². The van der Waals surface area contributed by atoms with Gasteiger partial charge < -0.3 is 25.4 Å². The summed E-state index contributed by atoms with van der Waals surface area (Å²) in [5.41, 5.74) is 4.73. The molecule has 38 heavy (non-hydrogen) atoms. The van der Waals surface area contributed by atoms with Gasteiger partial charge in [-0.2, -0.15) is 0 Å². The predicted molar refractivity (Wildman–Crippen MR) is 143 cm³/mol. The van der Waals surface area contributed by atoms with Crippen molar-refractivity contribution in [3.63, 3.8) is 0 Å². The second kappa shape index (κ2) is 11.2. The Kier molecular flexibility index (Phi) is 8.56. The van der Waals surface area contributed by atoms with Crippen molar-refractivity contribution < 1.29 is 33.5 Å². The molecule has 2 aliphatic rings. The Morgan fingerprint density at radius 1 is 1.24 bits per heavy atom. The summed E-state index contributed by atoms with van der Waals surface area (Å²) in [6.07, 6.45) is 1.51. The van der Waals surface area contributed by atoms with Crippen LogP contribution in [0.25, 0.3) is 0 Å². The Morgan fingerprint density at radius 2 is 1.89 bits per heavy atom. The second-order valence-corrected chi connectivity index (χ2v) is 12.3. The van der Waals surface area contributed by atoms with Gasteiger partial charge in [0.2, 0.25) is 6.61 Å². The number of allylic oxidation sites excluding steroid dienone is 1. The van der Waals surface area contributed by atoms with Crippen LogP contribution in [0.3, 0.4) is 0 Å². The zero-order chi connectivity index (χ0) is 28.4. The number of thioether (sulfide) groups is 1. The fraction of sp³-hybridized carbons (Fsp3) is 0.500. The number of aromatic nitrogens is 1. The molecule has 3 rings (SSSR count). The molecule has 0 radical (unpaired) electrons. The Labute approximate surface area is 228 Å². The number of nitrogens with one attached hydrogen (secondary N) is 1. The number of thiazole rings is 1. The number of nitrogen functional groups attached to an aromatic ring is 1. The third-order valence-electron chi connectivity index (χ3n) is 4.86. The maximum Gasteiger partial charge on any atom is 0.355 e. The quantitative estimate of drug-likeness (QED) is 0.206. The third kappa shape index (κ3) is 6.92. The first-order chi connectivity index (χ1) is 17.6. The normalized spacial score (nSPS) is 19.8. The maximum atomic E-state index is 13.2. The molecule has 1 fully saturated rings. The van der Waals surface area contributed by atoms with Crippen molar-refractivity contribution in [1.29, 1.82) is 0 Å². The number of anilines is 1. The number of β-lactam (4-membered cyclic amide) rings is 1. The number of carbonyl (C=O) groups is 4. The number of amides is 2. The molecule has 1 aromatic heterocycles. The second-order valence-electron chi connectivity index (χ2n) is 10.3. The minimum atomic E-state index is -0.955. The van der Waals surface area contributed by atoms with Gasteiger partial charge in [0, 0.05) is 11.1 Å². The molecule has 0 saturated carbocycles. The van der Waals surface area contributed by atoms with Crippen LogP contribution in [0.4, 0.5) is 5.13 Å². The number of nitrogens with two attached hydrogens (primary N) is 1. The average molecular weight is 566 g/mol. The average Bonchev–Trinajstić information content (AvgIpc) is 3.22. The van der Waals surface area contributed by atoms with Gasteiger partial charge >= 0.3 is 11.9 Å². The van der Waals surface area contributed by atoms with Crippen LogP contribution in [-0.4, -0.2) is 74.3 Å². The van der Waals surface area contributed by atoms with E-state index in [1.807, 2.05) is 0 Å². The highest BCUT2D eigenvalue weighted by Gasteiger charge is 2.54. The molecular formula is C24H31N5O7S2. The van der Waals surface area contributed by atoms with Crippen LogP contribution in [0.1, 0.15) is 47.2 Å². The largest absolute Gasteiger partial charge is 0.457 e. The molecule has 2 amide bonds. The Bertz CT molecular complexity index is 1210.